The lowest BCUT2D eigenvalue weighted by molar-refractivity contribution is 0.101. The highest BCUT2D eigenvalue weighted by Gasteiger charge is 2.11. The van der Waals surface area contributed by atoms with Gasteiger partial charge in [0.25, 0.3) is 0 Å². The third kappa shape index (κ3) is 2.20. The van der Waals surface area contributed by atoms with E-state index in [1.54, 1.807) is 12.1 Å². The molecule has 0 radical (unpaired) electrons. The zero-order chi connectivity index (χ0) is 10.9. The van der Waals surface area contributed by atoms with E-state index in [4.69, 9.17) is 23.2 Å². The number of hydrogen-bond donors (Lipinski definition) is 0. The van der Waals surface area contributed by atoms with Crippen LogP contribution in [0.25, 0.3) is 0 Å². The molecular weight excluding hydrogens is 221 g/mol. The van der Waals surface area contributed by atoms with Crippen LogP contribution in [0.15, 0.2) is 12.1 Å². The summed E-state index contributed by atoms with van der Waals surface area (Å²) in [5.74, 6) is -0.0425. The Morgan fingerprint density at radius 2 is 1.64 bits per heavy atom. The van der Waals surface area contributed by atoms with Crippen molar-refractivity contribution in [3.05, 3.63) is 27.7 Å². The monoisotopic (exact) mass is 231 g/mol. The van der Waals surface area contributed by atoms with Gasteiger partial charge in [0.1, 0.15) is 0 Å². The molecule has 4 heteroatoms. The van der Waals surface area contributed by atoms with Gasteiger partial charge in [0.2, 0.25) is 0 Å². The van der Waals surface area contributed by atoms with Crippen molar-refractivity contribution in [2.75, 3.05) is 19.0 Å². The molecule has 0 saturated carbocycles. The van der Waals surface area contributed by atoms with E-state index in [1.807, 2.05) is 19.0 Å². The average molecular weight is 232 g/mol. The molecule has 1 rings (SSSR count). The van der Waals surface area contributed by atoms with Gasteiger partial charge in [-0.15, -0.1) is 0 Å². The van der Waals surface area contributed by atoms with Crippen molar-refractivity contribution >= 4 is 34.7 Å². The van der Waals surface area contributed by atoms with Crippen LogP contribution in [-0.2, 0) is 0 Å². The number of anilines is 1. The van der Waals surface area contributed by atoms with Crippen molar-refractivity contribution in [3.63, 3.8) is 0 Å². The molecule has 14 heavy (non-hydrogen) atoms. The maximum atomic E-state index is 11.1. The van der Waals surface area contributed by atoms with Crippen LogP contribution in [-0.4, -0.2) is 19.9 Å². The first-order valence-electron chi connectivity index (χ1n) is 4.10. The fraction of sp³-hybridized carbons (Fsp3) is 0.300. The van der Waals surface area contributed by atoms with Gasteiger partial charge in [-0.2, -0.15) is 0 Å². The summed E-state index contributed by atoms with van der Waals surface area (Å²) in [6.45, 7) is 1.48. The molecule has 0 fully saturated rings. The Hall–Kier alpha value is -0.730. The molecule has 0 amide bonds. The molecule has 0 unspecified atom stereocenters. The number of hydrogen-bond acceptors (Lipinski definition) is 2. The van der Waals surface area contributed by atoms with Gasteiger partial charge in [0.05, 0.1) is 15.7 Å². The first-order chi connectivity index (χ1) is 6.43. The first kappa shape index (κ1) is 11.3. The van der Waals surface area contributed by atoms with E-state index >= 15 is 0 Å². The van der Waals surface area contributed by atoms with E-state index in [9.17, 15) is 4.79 Å². The van der Waals surface area contributed by atoms with Crippen LogP contribution >= 0.6 is 23.2 Å². The average Bonchev–Trinajstić information content (AvgIpc) is 2.01. The van der Waals surface area contributed by atoms with Gasteiger partial charge < -0.3 is 4.90 Å². The van der Waals surface area contributed by atoms with Crippen molar-refractivity contribution in [2.24, 2.45) is 0 Å². The van der Waals surface area contributed by atoms with E-state index < -0.39 is 0 Å². The van der Waals surface area contributed by atoms with Crippen LogP contribution in [0.5, 0.6) is 0 Å². The summed E-state index contributed by atoms with van der Waals surface area (Å²) in [4.78, 5) is 12.9. The summed E-state index contributed by atoms with van der Waals surface area (Å²) in [6, 6.07) is 3.26. The molecule has 0 aliphatic carbocycles. The van der Waals surface area contributed by atoms with Gasteiger partial charge in [-0.25, -0.2) is 0 Å². The van der Waals surface area contributed by atoms with Crippen LogP contribution in [0, 0.1) is 0 Å². The minimum absolute atomic E-state index is 0.0425. The van der Waals surface area contributed by atoms with Crippen molar-refractivity contribution in [3.8, 4) is 0 Å². The SMILES string of the molecule is CC(=O)c1cc(Cl)c(N(C)C)c(Cl)c1. The molecule has 0 aliphatic rings. The highest BCUT2D eigenvalue weighted by molar-refractivity contribution is 6.39. The van der Waals surface area contributed by atoms with Crippen LogP contribution < -0.4 is 4.90 Å². The highest BCUT2D eigenvalue weighted by Crippen LogP contribution is 2.33. The lowest BCUT2D eigenvalue weighted by Crippen LogP contribution is -2.10. The number of Topliss-reactive ketones (excluding diaryl/α,β-unsaturated/α-hetero) is 1. The van der Waals surface area contributed by atoms with Crippen molar-refractivity contribution in [1.82, 2.24) is 0 Å². The highest BCUT2D eigenvalue weighted by atomic mass is 35.5. The number of nitrogens with zero attached hydrogens (tertiary/aromatic N) is 1. The molecule has 0 heterocycles. The summed E-state index contributed by atoms with van der Waals surface area (Å²) in [5.41, 5.74) is 1.27. The second-order valence-electron chi connectivity index (χ2n) is 3.24. The predicted octanol–water partition coefficient (Wildman–Crippen LogP) is 3.26. The minimum Gasteiger partial charge on any atom is -0.375 e. The van der Waals surface area contributed by atoms with Gasteiger partial charge in [-0.05, 0) is 19.1 Å². The summed E-state index contributed by atoms with van der Waals surface area (Å²) >= 11 is 12.0. The van der Waals surface area contributed by atoms with Crippen molar-refractivity contribution in [1.29, 1.82) is 0 Å². The fourth-order valence-corrected chi connectivity index (χ4v) is 2.02. The van der Waals surface area contributed by atoms with Gasteiger partial charge >= 0.3 is 0 Å². The van der Waals surface area contributed by atoms with E-state index in [1.165, 1.54) is 6.92 Å². The van der Waals surface area contributed by atoms with E-state index in [0.717, 1.165) is 5.69 Å². The first-order valence-corrected chi connectivity index (χ1v) is 4.86. The maximum absolute atomic E-state index is 11.1. The molecule has 0 saturated heterocycles. The Kier molecular flexibility index (Phi) is 3.40. The van der Waals surface area contributed by atoms with E-state index in [0.29, 0.717) is 15.6 Å². The standard InChI is InChI=1S/C10H11Cl2NO/c1-6(14)7-4-8(11)10(13(2)3)9(12)5-7/h4-5H,1-3H3. The molecule has 0 N–H and O–H groups in total. The molecular formula is C10H11Cl2NO. The summed E-state index contributed by atoms with van der Waals surface area (Å²) in [6.07, 6.45) is 0. The normalized spacial score (nSPS) is 10.1. The molecule has 1 aromatic carbocycles. The van der Waals surface area contributed by atoms with Crippen LogP contribution in [0.3, 0.4) is 0 Å². The van der Waals surface area contributed by atoms with Crippen molar-refractivity contribution < 1.29 is 4.79 Å². The second-order valence-corrected chi connectivity index (χ2v) is 4.05. The third-order valence-corrected chi connectivity index (χ3v) is 2.45. The topological polar surface area (TPSA) is 20.3 Å². The quantitative estimate of drug-likeness (QED) is 0.729. The van der Waals surface area contributed by atoms with Crippen molar-refractivity contribution in [2.45, 2.75) is 6.92 Å². The number of carbonyl (C=O) groups excluding carboxylic acids is 1. The van der Waals surface area contributed by atoms with E-state index in [2.05, 4.69) is 0 Å². The Morgan fingerprint density at radius 3 is 1.93 bits per heavy atom. The molecule has 0 bridgehead atoms. The van der Waals surface area contributed by atoms with Gasteiger partial charge in [-0.1, -0.05) is 23.2 Å². The van der Waals surface area contributed by atoms with Gasteiger partial charge in [-0.3, -0.25) is 4.79 Å². The Labute approximate surface area is 93.4 Å². The number of halogens is 2. The van der Waals surface area contributed by atoms with Gasteiger partial charge in [0, 0.05) is 19.7 Å². The van der Waals surface area contributed by atoms with Crippen LogP contribution in [0.1, 0.15) is 17.3 Å². The Morgan fingerprint density at radius 1 is 1.21 bits per heavy atom. The minimum atomic E-state index is -0.0425. The molecule has 0 aromatic heterocycles. The number of rotatable bonds is 2. The number of carbonyl (C=O) groups is 1. The van der Waals surface area contributed by atoms with Crippen LogP contribution in [0.2, 0.25) is 10.0 Å². The number of benzene rings is 1. The number of ketones is 1. The smallest absolute Gasteiger partial charge is 0.159 e. The van der Waals surface area contributed by atoms with Gasteiger partial charge in [0.15, 0.2) is 5.78 Å². The molecule has 0 atom stereocenters. The van der Waals surface area contributed by atoms with Crippen LogP contribution in [0.4, 0.5) is 5.69 Å². The fourth-order valence-electron chi connectivity index (χ4n) is 1.20. The molecule has 76 valence electrons. The third-order valence-electron chi connectivity index (χ3n) is 1.87. The lowest BCUT2D eigenvalue weighted by atomic mass is 10.1. The molecule has 2 nitrogen and oxygen atoms in total. The zero-order valence-corrected chi connectivity index (χ0v) is 9.78. The largest absolute Gasteiger partial charge is 0.375 e. The summed E-state index contributed by atoms with van der Waals surface area (Å²) < 4.78 is 0. The Balaban J connectivity index is 3.32. The Bertz CT molecular complexity index is 351. The molecule has 0 spiro atoms. The lowest BCUT2D eigenvalue weighted by Gasteiger charge is -2.16. The van der Waals surface area contributed by atoms with E-state index in [-0.39, 0.29) is 5.78 Å². The second kappa shape index (κ2) is 4.20. The zero-order valence-electron chi connectivity index (χ0n) is 8.27. The molecule has 0 aliphatic heterocycles. The predicted molar refractivity (Wildman–Crippen MR) is 60.8 cm³/mol. The maximum Gasteiger partial charge on any atom is 0.159 e. The summed E-state index contributed by atoms with van der Waals surface area (Å²) in [7, 11) is 3.70. The molecule has 1 aromatic rings. The summed E-state index contributed by atoms with van der Waals surface area (Å²) in [5, 5.41) is 0.986.